The van der Waals surface area contributed by atoms with Crippen LogP contribution in [0, 0.1) is 5.92 Å². The first-order valence-corrected chi connectivity index (χ1v) is 6.67. The van der Waals surface area contributed by atoms with Gasteiger partial charge < -0.3 is 14.4 Å². The lowest BCUT2D eigenvalue weighted by Gasteiger charge is -2.22. The molecule has 1 N–H and O–H groups in total. The molecule has 0 aliphatic carbocycles. The molecule has 2 aliphatic heterocycles. The molecule has 0 saturated carbocycles. The third-order valence-corrected chi connectivity index (χ3v) is 4.55. The minimum atomic E-state index is -0.800. The van der Waals surface area contributed by atoms with Crippen LogP contribution in [-0.4, -0.2) is 34.0 Å². The Balaban J connectivity index is 1.88. The average molecular weight is 314 g/mol. The molecule has 1 amide bonds. The van der Waals surface area contributed by atoms with Crippen LogP contribution in [0.1, 0.15) is 29.6 Å². The summed E-state index contributed by atoms with van der Waals surface area (Å²) in [6.45, 7) is 0. The van der Waals surface area contributed by atoms with E-state index in [9.17, 15) is 9.59 Å². The molecule has 96 valence electrons. The highest BCUT2D eigenvalue weighted by molar-refractivity contribution is 9.10. The van der Waals surface area contributed by atoms with Gasteiger partial charge in [-0.1, -0.05) is 0 Å². The number of fused-ring (bicyclic) bond motifs is 2. The quantitative estimate of drug-likeness (QED) is 0.908. The first kappa shape index (κ1) is 11.8. The Labute approximate surface area is 112 Å². The zero-order chi connectivity index (χ0) is 12.9. The zero-order valence-electron chi connectivity index (χ0n) is 9.51. The molecule has 5 nitrogen and oxygen atoms in total. The van der Waals surface area contributed by atoms with Crippen LogP contribution in [0.15, 0.2) is 21.4 Å². The molecule has 0 radical (unpaired) electrons. The topological polar surface area (TPSA) is 70.8 Å². The smallest absolute Gasteiger partial charge is 0.308 e. The Morgan fingerprint density at radius 2 is 2.22 bits per heavy atom. The molecule has 2 fully saturated rings. The van der Waals surface area contributed by atoms with E-state index in [1.807, 2.05) is 0 Å². The van der Waals surface area contributed by atoms with Crippen molar-refractivity contribution in [3.8, 4) is 0 Å². The first-order chi connectivity index (χ1) is 8.59. The Morgan fingerprint density at radius 3 is 2.78 bits per heavy atom. The number of carboxylic acid groups (broad SMARTS) is 1. The number of hydrogen-bond donors (Lipinski definition) is 1. The van der Waals surface area contributed by atoms with Gasteiger partial charge in [0.25, 0.3) is 5.91 Å². The Morgan fingerprint density at radius 1 is 1.44 bits per heavy atom. The highest BCUT2D eigenvalue weighted by Gasteiger charge is 2.51. The first-order valence-electron chi connectivity index (χ1n) is 5.88. The molecule has 0 aromatic carbocycles. The summed E-state index contributed by atoms with van der Waals surface area (Å²) in [6.07, 6.45) is 3.70. The third-order valence-electron chi connectivity index (χ3n) is 3.94. The van der Waals surface area contributed by atoms with Gasteiger partial charge in [0, 0.05) is 12.1 Å². The van der Waals surface area contributed by atoms with Crippen LogP contribution in [0.3, 0.4) is 0 Å². The second kappa shape index (κ2) is 4.12. The molecule has 1 aromatic rings. The van der Waals surface area contributed by atoms with E-state index in [1.54, 1.807) is 11.0 Å². The molecule has 2 bridgehead atoms. The van der Waals surface area contributed by atoms with Crippen molar-refractivity contribution in [1.29, 1.82) is 0 Å². The molecule has 0 spiro atoms. The molecule has 3 rings (SSSR count). The lowest BCUT2D eigenvalue weighted by molar-refractivity contribution is -0.142. The number of halogens is 1. The molecule has 2 aliphatic rings. The van der Waals surface area contributed by atoms with Crippen LogP contribution in [0.2, 0.25) is 0 Å². The second-order valence-electron chi connectivity index (χ2n) is 4.80. The minimum absolute atomic E-state index is 0.0606. The second-order valence-corrected chi connectivity index (χ2v) is 5.52. The van der Waals surface area contributed by atoms with Crippen LogP contribution < -0.4 is 0 Å². The fraction of sp³-hybridized carbons (Fsp3) is 0.500. The number of rotatable bonds is 2. The van der Waals surface area contributed by atoms with E-state index in [1.165, 1.54) is 6.26 Å². The van der Waals surface area contributed by atoms with E-state index in [0.717, 1.165) is 12.8 Å². The monoisotopic (exact) mass is 313 g/mol. The van der Waals surface area contributed by atoms with Crippen LogP contribution in [-0.2, 0) is 4.79 Å². The summed E-state index contributed by atoms with van der Waals surface area (Å²) in [5, 5.41) is 9.15. The van der Waals surface area contributed by atoms with Gasteiger partial charge >= 0.3 is 5.97 Å². The highest BCUT2D eigenvalue weighted by Crippen LogP contribution is 2.43. The number of carbonyl (C=O) groups is 2. The summed E-state index contributed by atoms with van der Waals surface area (Å²) >= 11 is 3.19. The summed E-state index contributed by atoms with van der Waals surface area (Å²) < 4.78 is 5.47. The van der Waals surface area contributed by atoms with E-state index < -0.39 is 11.9 Å². The van der Waals surface area contributed by atoms with Crippen molar-refractivity contribution in [1.82, 2.24) is 4.90 Å². The van der Waals surface area contributed by atoms with Gasteiger partial charge in [-0.15, -0.1) is 0 Å². The zero-order valence-corrected chi connectivity index (χ0v) is 11.1. The fourth-order valence-electron chi connectivity index (χ4n) is 3.16. The summed E-state index contributed by atoms with van der Waals surface area (Å²) in [6, 6.07) is 1.51. The van der Waals surface area contributed by atoms with Gasteiger partial charge in [-0.3, -0.25) is 9.59 Å². The predicted molar refractivity (Wildman–Crippen MR) is 65.1 cm³/mol. The minimum Gasteiger partial charge on any atom is -0.481 e. The predicted octanol–water partition coefficient (Wildman–Crippen LogP) is 2.12. The van der Waals surface area contributed by atoms with E-state index >= 15 is 0 Å². The van der Waals surface area contributed by atoms with Gasteiger partial charge in [0.1, 0.15) is 0 Å². The molecule has 3 heterocycles. The summed E-state index contributed by atoms with van der Waals surface area (Å²) in [5.41, 5.74) is 0.470. The Bertz CT molecular complexity index is 512. The summed E-state index contributed by atoms with van der Waals surface area (Å²) in [5.74, 6) is -1.35. The van der Waals surface area contributed by atoms with Crippen molar-refractivity contribution in [2.24, 2.45) is 5.92 Å². The standard InChI is InChI=1S/C12H12BrNO4/c13-10-7(3-4-18-10)11(15)14-6-1-2-9(14)8(5-6)12(16)17/h3-4,6,8-9H,1-2,5H2,(H,16,17). The Hall–Kier alpha value is -1.30. The maximum atomic E-state index is 12.4. The number of nitrogens with zero attached hydrogens (tertiary/aromatic N) is 1. The third kappa shape index (κ3) is 1.59. The maximum Gasteiger partial charge on any atom is 0.308 e. The highest BCUT2D eigenvalue weighted by atomic mass is 79.9. The van der Waals surface area contributed by atoms with Crippen molar-refractivity contribution in [3.05, 3.63) is 22.6 Å². The van der Waals surface area contributed by atoms with E-state index in [-0.39, 0.29) is 18.0 Å². The summed E-state index contributed by atoms with van der Waals surface area (Å²) in [7, 11) is 0. The van der Waals surface area contributed by atoms with Gasteiger partial charge in [0.2, 0.25) is 0 Å². The van der Waals surface area contributed by atoms with Crippen LogP contribution in [0.5, 0.6) is 0 Å². The lowest BCUT2D eigenvalue weighted by Crippen LogP contribution is -2.37. The van der Waals surface area contributed by atoms with Crippen LogP contribution in [0.4, 0.5) is 0 Å². The van der Waals surface area contributed by atoms with Crippen molar-refractivity contribution in [2.45, 2.75) is 31.3 Å². The van der Waals surface area contributed by atoms with Crippen molar-refractivity contribution < 1.29 is 19.1 Å². The molecular formula is C12H12BrNO4. The molecule has 18 heavy (non-hydrogen) atoms. The van der Waals surface area contributed by atoms with Crippen LogP contribution >= 0.6 is 15.9 Å². The number of amides is 1. The van der Waals surface area contributed by atoms with Gasteiger partial charge in [-0.25, -0.2) is 0 Å². The number of carbonyl (C=O) groups excluding carboxylic acids is 1. The summed E-state index contributed by atoms with van der Waals surface area (Å²) in [4.78, 5) is 25.3. The largest absolute Gasteiger partial charge is 0.481 e. The molecule has 3 atom stereocenters. The van der Waals surface area contributed by atoms with Crippen molar-refractivity contribution in [3.63, 3.8) is 0 Å². The van der Waals surface area contributed by atoms with Gasteiger partial charge in [-0.2, -0.15) is 0 Å². The number of aliphatic carboxylic acids is 1. The number of carboxylic acids is 1. The SMILES string of the molecule is O=C(O)C1CC2CCC1N2C(=O)c1ccoc1Br. The molecular weight excluding hydrogens is 302 g/mol. The molecule has 3 unspecified atom stereocenters. The lowest BCUT2D eigenvalue weighted by atomic mass is 9.89. The fourth-order valence-corrected chi connectivity index (χ4v) is 3.57. The van der Waals surface area contributed by atoms with E-state index in [2.05, 4.69) is 15.9 Å². The van der Waals surface area contributed by atoms with E-state index in [4.69, 9.17) is 9.52 Å². The van der Waals surface area contributed by atoms with Crippen molar-refractivity contribution >= 4 is 27.8 Å². The van der Waals surface area contributed by atoms with Gasteiger partial charge in [0.15, 0.2) is 4.67 Å². The van der Waals surface area contributed by atoms with Gasteiger partial charge in [-0.05, 0) is 41.3 Å². The molecule has 1 aromatic heterocycles. The van der Waals surface area contributed by atoms with E-state index in [0.29, 0.717) is 16.7 Å². The van der Waals surface area contributed by atoms with Crippen molar-refractivity contribution in [2.75, 3.05) is 0 Å². The molecule has 6 heteroatoms. The number of hydrogen-bond acceptors (Lipinski definition) is 3. The molecule has 2 saturated heterocycles. The number of furan rings is 1. The van der Waals surface area contributed by atoms with Crippen LogP contribution in [0.25, 0.3) is 0 Å². The normalized spacial score (nSPS) is 29.8. The van der Waals surface area contributed by atoms with Gasteiger partial charge in [0.05, 0.1) is 17.7 Å². The Kier molecular flexibility index (Phi) is 2.69. The average Bonchev–Trinajstić information content (AvgIpc) is 3.01. The maximum absolute atomic E-state index is 12.4.